The van der Waals surface area contributed by atoms with Crippen molar-refractivity contribution in [2.24, 2.45) is 4.99 Å². The van der Waals surface area contributed by atoms with Crippen molar-refractivity contribution in [3.05, 3.63) is 51.2 Å². The minimum Gasteiger partial charge on any atom is -0.356 e. The van der Waals surface area contributed by atoms with E-state index in [1.54, 1.807) is 30.5 Å². The van der Waals surface area contributed by atoms with Crippen LogP contribution < -0.4 is 10.6 Å². The predicted molar refractivity (Wildman–Crippen MR) is 106 cm³/mol. The molecule has 0 saturated heterocycles. The molecule has 5 nitrogen and oxygen atoms in total. The smallest absolute Gasteiger partial charge is 0.190 e. The van der Waals surface area contributed by atoms with Crippen LogP contribution in [0.5, 0.6) is 0 Å². The molecule has 0 amide bonds. The van der Waals surface area contributed by atoms with Gasteiger partial charge in [0.1, 0.15) is 0 Å². The van der Waals surface area contributed by atoms with Crippen LogP contribution >= 0.6 is 22.9 Å². The summed E-state index contributed by atoms with van der Waals surface area (Å²) < 4.78 is 23.7. The molecule has 0 aliphatic rings. The molecule has 0 spiro atoms. The van der Waals surface area contributed by atoms with Gasteiger partial charge in [-0.1, -0.05) is 23.7 Å². The Kier molecular flexibility index (Phi) is 7.28. The lowest BCUT2D eigenvalue weighted by Gasteiger charge is -2.11. The van der Waals surface area contributed by atoms with Gasteiger partial charge in [0, 0.05) is 31.3 Å². The molecule has 0 bridgehead atoms. The van der Waals surface area contributed by atoms with Crippen molar-refractivity contribution in [3.8, 4) is 0 Å². The van der Waals surface area contributed by atoms with Crippen LogP contribution in [-0.2, 0) is 22.7 Å². The highest BCUT2D eigenvalue weighted by Gasteiger charge is 2.06. The molecule has 0 unspecified atom stereocenters. The highest BCUT2D eigenvalue weighted by molar-refractivity contribution is 7.90. The Labute approximate surface area is 158 Å². The van der Waals surface area contributed by atoms with Crippen LogP contribution in [0.1, 0.15) is 10.4 Å². The quantitative estimate of drug-likeness (QED) is 0.554. The third kappa shape index (κ3) is 6.68. The molecule has 0 fully saturated rings. The van der Waals surface area contributed by atoms with E-state index < -0.39 is 9.84 Å². The lowest BCUT2D eigenvalue weighted by atomic mass is 10.1. The Morgan fingerprint density at radius 1 is 1.08 bits per heavy atom. The highest BCUT2D eigenvalue weighted by atomic mass is 35.5. The van der Waals surface area contributed by atoms with E-state index in [0.717, 1.165) is 35.2 Å². The minimum absolute atomic E-state index is 0.343. The van der Waals surface area contributed by atoms with Crippen LogP contribution in [0, 0.1) is 0 Å². The summed E-state index contributed by atoms with van der Waals surface area (Å²) in [7, 11) is -1.41. The molecule has 2 N–H and O–H groups in total. The van der Waals surface area contributed by atoms with E-state index in [2.05, 4.69) is 15.6 Å². The van der Waals surface area contributed by atoms with E-state index in [9.17, 15) is 8.42 Å². The molecule has 0 aliphatic carbocycles. The van der Waals surface area contributed by atoms with Crippen LogP contribution in [0.4, 0.5) is 0 Å². The number of sulfone groups is 1. The summed E-state index contributed by atoms with van der Waals surface area (Å²) in [5, 5.41) is 6.52. The molecule has 1 aromatic carbocycles. The first-order valence-corrected chi connectivity index (χ1v) is 10.9. The molecule has 25 heavy (non-hydrogen) atoms. The number of halogens is 1. The number of rotatable bonds is 7. The largest absolute Gasteiger partial charge is 0.356 e. The van der Waals surface area contributed by atoms with E-state index in [0.29, 0.717) is 11.4 Å². The monoisotopic (exact) mass is 399 g/mol. The number of hydrogen-bond donors (Lipinski definition) is 2. The molecular formula is C17H22ClN3O2S2. The summed E-state index contributed by atoms with van der Waals surface area (Å²) >= 11 is 7.51. The zero-order chi connectivity index (χ0) is 18.3. The molecule has 0 aliphatic heterocycles. The molecule has 0 atom stereocenters. The maximum Gasteiger partial charge on any atom is 0.190 e. The normalized spacial score (nSPS) is 12.2. The number of thiophene rings is 1. The molecule has 1 aromatic heterocycles. The fourth-order valence-corrected chi connectivity index (χ4v) is 3.96. The lowest BCUT2D eigenvalue weighted by Crippen LogP contribution is -2.39. The summed E-state index contributed by atoms with van der Waals surface area (Å²) in [6.07, 6.45) is 2.89. The first kappa shape index (κ1) is 19.8. The SMILES string of the molecule is CN=C(NCCc1ccc(S(C)(=O)=O)cc1)NCCc1ccc(Cl)s1. The number of guanidine groups is 1. The average Bonchev–Trinajstić information content (AvgIpc) is 2.98. The lowest BCUT2D eigenvalue weighted by molar-refractivity contribution is 0.602. The third-order valence-corrected chi connectivity index (χ3v) is 5.99. The van der Waals surface area contributed by atoms with Gasteiger partial charge < -0.3 is 10.6 Å². The van der Waals surface area contributed by atoms with Crippen molar-refractivity contribution in [1.29, 1.82) is 0 Å². The molecule has 0 radical (unpaired) electrons. The van der Waals surface area contributed by atoms with Crippen molar-refractivity contribution >= 4 is 38.7 Å². The molecular weight excluding hydrogens is 378 g/mol. The van der Waals surface area contributed by atoms with E-state index in [4.69, 9.17) is 11.6 Å². The van der Waals surface area contributed by atoms with Crippen molar-refractivity contribution < 1.29 is 8.42 Å². The third-order valence-electron chi connectivity index (χ3n) is 3.57. The summed E-state index contributed by atoms with van der Waals surface area (Å²) in [5.41, 5.74) is 1.07. The van der Waals surface area contributed by atoms with Gasteiger partial charge in [0.05, 0.1) is 9.23 Å². The number of aliphatic imine (C=N–C) groups is 1. The van der Waals surface area contributed by atoms with Crippen molar-refractivity contribution in [3.63, 3.8) is 0 Å². The van der Waals surface area contributed by atoms with Crippen molar-refractivity contribution in [2.75, 3.05) is 26.4 Å². The van der Waals surface area contributed by atoms with Crippen LogP contribution in [-0.4, -0.2) is 40.8 Å². The Morgan fingerprint density at radius 2 is 1.72 bits per heavy atom. The maximum atomic E-state index is 11.4. The van der Waals surface area contributed by atoms with Crippen molar-refractivity contribution in [2.45, 2.75) is 17.7 Å². The Bertz CT molecular complexity index is 815. The van der Waals surface area contributed by atoms with Crippen LogP contribution in [0.25, 0.3) is 0 Å². The van der Waals surface area contributed by atoms with Gasteiger partial charge in [0.2, 0.25) is 0 Å². The Hall–Kier alpha value is -1.57. The summed E-state index contributed by atoms with van der Waals surface area (Å²) in [6, 6.07) is 10.9. The average molecular weight is 400 g/mol. The van der Waals surface area contributed by atoms with Gasteiger partial charge in [-0.25, -0.2) is 8.42 Å². The Morgan fingerprint density at radius 3 is 2.24 bits per heavy atom. The fraction of sp³-hybridized carbons (Fsp3) is 0.353. The van der Waals surface area contributed by atoms with Gasteiger partial charge in [-0.15, -0.1) is 11.3 Å². The number of nitrogens with zero attached hydrogens (tertiary/aromatic N) is 1. The first-order chi connectivity index (χ1) is 11.9. The standard InChI is InChI=1S/C17H22ClN3O2S2/c1-19-17(21-12-10-14-5-8-16(18)24-14)20-11-9-13-3-6-15(7-4-13)25(2,22)23/h3-8H,9-12H2,1-2H3,(H2,19,20,21). The van der Waals surface area contributed by atoms with Gasteiger partial charge in [0.25, 0.3) is 0 Å². The van der Waals surface area contributed by atoms with Gasteiger partial charge in [-0.2, -0.15) is 0 Å². The summed E-state index contributed by atoms with van der Waals surface area (Å²) in [6.45, 7) is 1.49. The van der Waals surface area contributed by atoms with Gasteiger partial charge in [-0.05, 0) is 42.7 Å². The number of benzene rings is 1. The van der Waals surface area contributed by atoms with Gasteiger partial charge >= 0.3 is 0 Å². The summed E-state index contributed by atoms with van der Waals surface area (Å²) in [4.78, 5) is 5.77. The molecule has 8 heteroatoms. The second-order valence-corrected chi connectivity index (χ2v) is 9.36. The topological polar surface area (TPSA) is 70.6 Å². The molecule has 2 rings (SSSR count). The molecule has 2 aromatic rings. The zero-order valence-corrected chi connectivity index (χ0v) is 16.6. The second-order valence-electron chi connectivity index (χ2n) is 5.55. The first-order valence-electron chi connectivity index (χ1n) is 7.86. The summed E-state index contributed by atoms with van der Waals surface area (Å²) in [5.74, 6) is 0.746. The molecule has 0 saturated carbocycles. The predicted octanol–water partition coefficient (Wildman–Crippen LogP) is 2.76. The minimum atomic E-state index is -3.14. The zero-order valence-electron chi connectivity index (χ0n) is 14.3. The fourth-order valence-electron chi connectivity index (χ4n) is 2.24. The molecule has 136 valence electrons. The molecule has 1 heterocycles. The van der Waals surface area contributed by atoms with Gasteiger partial charge in [0.15, 0.2) is 15.8 Å². The van der Waals surface area contributed by atoms with Crippen molar-refractivity contribution in [1.82, 2.24) is 10.6 Å². The van der Waals surface area contributed by atoms with Crippen LogP contribution in [0.3, 0.4) is 0 Å². The number of hydrogen-bond acceptors (Lipinski definition) is 4. The highest BCUT2D eigenvalue weighted by Crippen LogP contribution is 2.21. The van der Waals surface area contributed by atoms with E-state index in [1.807, 2.05) is 24.3 Å². The van der Waals surface area contributed by atoms with Gasteiger partial charge in [-0.3, -0.25) is 4.99 Å². The van der Waals surface area contributed by atoms with Crippen LogP contribution in [0.2, 0.25) is 4.34 Å². The number of nitrogens with one attached hydrogen (secondary N) is 2. The Balaban J connectivity index is 1.73. The van der Waals surface area contributed by atoms with E-state index in [1.165, 1.54) is 11.1 Å². The van der Waals surface area contributed by atoms with Crippen LogP contribution in [0.15, 0.2) is 46.3 Å². The van der Waals surface area contributed by atoms with E-state index in [-0.39, 0.29) is 0 Å². The maximum absolute atomic E-state index is 11.4. The van der Waals surface area contributed by atoms with E-state index >= 15 is 0 Å². The second kappa shape index (κ2) is 9.22.